The largest absolute Gasteiger partial charge is 0.399 e. The predicted molar refractivity (Wildman–Crippen MR) is 65.6 cm³/mol. The van der Waals surface area contributed by atoms with Crippen molar-refractivity contribution in [1.29, 1.82) is 0 Å². The van der Waals surface area contributed by atoms with E-state index in [2.05, 4.69) is 17.0 Å². The van der Waals surface area contributed by atoms with Crippen molar-refractivity contribution in [3.05, 3.63) is 24.3 Å². The smallest absolute Gasteiger partial charge is 0.0472 e. The minimum atomic E-state index is 0.531. The standard InChI is InChI=1S/C13H18N2O/c14-11-2-1-3-12(8-11)15-9-13(10-15)4-6-16-7-5-13/h1-3,8H,4-7,9-10,14H2. The molecule has 16 heavy (non-hydrogen) atoms. The fourth-order valence-electron chi connectivity index (χ4n) is 2.79. The molecule has 2 heterocycles. The number of benzene rings is 1. The summed E-state index contributed by atoms with van der Waals surface area (Å²) in [4.78, 5) is 2.42. The first-order valence-electron chi connectivity index (χ1n) is 5.96. The Kier molecular flexibility index (Phi) is 2.28. The van der Waals surface area contributed by atoms with Crippen molar-refractivity contribution in [1.82, 2.24) is 0 Å². The summed E-state index contributed by atoms with van der Waals surface area (Å²) in [6.07, 6.45) is 2.43. The summed E-state index contributed by atoms with van der Waals surface area (Å²) in [7, 11) is 0. The topological polar surface area (TPSA) is 38.5 Å². The van der Waals surface area contributed by atoms with Crippen LogP contribution >= 0.6 is 0 Å². The van der Waals surface area contributed by atoms with Gasteiger partial charge in [-0.25, -0.2) is 0 Å². The Balaban J connectivity index is 1.68. The third-order valence-corrected chi connectivity index (χ3v) is 3.84. The van der Waals surface area contributed by atoms with Crippen molar-refractivity contribution in [3.8, 4) is 0 Å². The van der Waals surface area contributed by atoms with Gasteiger partial charge in [0.05, 0.1) is 0 Å². The molecule has 0 radical (unpaired) electrons. The summed E-state index contributed by atoms with van der Waals surface area (Å²) in [5.41, 5.74) is 8.44. The maximum absolute atomic E-state index is 5.80. The van der Waals surface area contributed by atoms with E-state index in [1.54, 1.807) is 0 Å². The SMILES string of the molecule is Nc1cccc(N2CC3(CCOCC3)C2)c1. The van der Waals surface area contributed by atoms with Gasteiger partial charge in [-0.3, -0.25) is 0 Å². The highest BCUT2D eigenvalue weighted by Crippen LogP contribution is 2.42. The van der Waals surface area contributed by atoms with Crippen molar-refractivity contribution in [2.24, 2.45) is 5.41 Å². The molecule has 1 aromatic rings. The van der Waals surface area contributed by atoms with Crippen LogP contribution in [0.1, 0.15) is 12.8 Å². The van der Waals surface area contributed by atoms with E-state index >= 15 is 0 Å². The van der Waals surface area contributed by atoms with Crippen LogP contribution in [0.25, 0.3) is 0 Å². The van der Waals surface area contributed by atoms with Gasteiger partial charge in [-0.1, -0.05) is 6.07 Å². The van der Waals surface area contributed by atoms with Crippen LogP contribution in [0.5, 0.6) is 0 Å². The lowest BCUT2D eigenvalue weighted by Gasteiger charge is -2.53. The van der Waals surface area contributed by atoms with Crippen LogP contribution in [0, 0.1) is 5.41 Å². The first kappa shape index (κ1) is 9.97. The molecule has 1 aromatic carbocycles. The number of nitrogens with two attached hydrogens (primary N) is 1. The van der Waals surface area contributed by atoms with Crippen molar-refractivity contribution in [2.45, 2.75) is 12.8 Å². The van der Waals surface area contributed by atoms with Crippen LogP contribution in [0.15, 0.2) is 24.3 Å². The molecule has 1 spiro atoms. The lowest BCUT2D eigenvalue weighted by atomic mass is 9.73. The molecule has 3 heteroatoms. The van der Waals surface area contributed by atoms with Gasteiger partial charge in [0.15, 0.2) is 0 Å². The van der Waals surface area contributed by atoms with Crippen LogP contribution in [0.4, 0.5) is 11.4 Å². The Morgan fingerprint density at radius 2 is 1.94 bits per heavy atom. The van der Waals surface area contributed by atoms with Gasteiger partial charge >= 0.3 is 0 Å². The number of nitrogens with zero attached hydrogens (tertiary/aromatic N) is 1. The van der Waals surface area contributed by atoms with Gasteiger partial charge < -0.3 is 15.4 Å². The Morgan fingerprint density at radius 3 is 2.62 bits per heavy atom. The second-order valence-electron chi connectivity index (χ2n) is 5.06. The number of rotatable bonds is 1. The van der Waals surface area contributed by atoms with E-state index in [1.807, 2.05) is 12.1 Å². The van der Waals surface area contributed by atoms with Crippen molar-refractivity contribution < 1.29 is 4.74 Å². The first-order valence-corrected chi connectivity index (χ1v) is 5.96. The molecule has 0 aromatic heterocycles. The van der Waals surface area contributed by atoms with Gasteiger partial charge in [-0.05, 0) is 31.0 Å². The zero-order valence-electron chi connectivity index (χ0n) is 9.48. The molecule has 0 aliphatic carbocycles. The van der Waals surface area contributed by atoms with E-state index in [-0.39, 0.29) is 0 Å². The Morgan fingerprint density at radius 1 is 1.19 bits per heavy atom. The second kappa shape index (κ2) is 3.67. The average molecular weight is 218 g/mol. The Labute approximate surface area is 96.2 Å². The van der Waals surface area contributed by atoms with E-state index in [9.17, 15) is 0 Å². The zero-order valence-corrected chi connectivity index (χ0v) is 9.48. The highest BCUT2D eigenvalue weighted by atomic mass is 16.5. The molecule has 86 valence electrons. The molecular weight excluding hydrogens is 200 g/mol. The number of ether oxygens (including phenoxy) is 1. The summed E-state index contributed by atoms with van der Waals surface area (Å²) >= 11 is 0. The summed E-state index contributed by atoms with van der Waals surface area (Å²) in [5, 5.41) is 0. The molecule has 2 saturated heterocycles. The summed E-state index contributed by atoms with van der Waals surface area (Å²) in [6, 6.07) is 8.17. The first-order chi connectivity index (χ1) is 7.77. The summed E-state index contributed by atoms with van der Waals surface area (Å²) in [6.45, 7) is 4.20. The molecule has 0 amide bonds. The maximum atomic E-state index is 5.80. The predicted octanol–water partition coefficient (Wildman–Crippen LogP) is 1.89. The van der Waals surface area contributed by atoms with Crippen LogP contribution in [-0.4, -0.2) is 26.3 Å². The number of nitrogen functional groups attached to an aromatic ring is 1. The van der Waals surface area contributed by atoms with Gasteiger partial charge in [-0.15, -0.1) is 0 Å². The highest BCUT2D eigenvalue weighted by Gasteiger charge is 2.43. The van der Waals surface area contributed by atoms with Crippen molar-refractivity contribution >= 4 is 11.4 Å². The van der Waals surface area contributed by atoms with Crippen LogP contribution < -0.4 is 10.6 Å². The molecule has 3 nitrogen and oxygen atoms in total. The normalized spacial score (nSPS) is 23.1. The molecule has 2 aliphatic rings. The van der Waals surface area contributed by atoms with Gasteiger partial charge in [0.25, 0.3) is 0 Å². The highest BCUT2D eigenvalue weighted by molar-refractivity contribution is 5.57. The molecule has 2 N–H and O–H groups in total. The van der Waals surface area contributed by atoms with Gasteiger partial charge in [0.2, 0.25) is 0 Å². The monoisotopic (exact) mass is 218 g/mol. The lowest BCUT2D eigenvalue weighted by molar-refractivity contribution is -0.000187. The average Bonchev–Trinajstić information content (AvgIpc) is 2.27. The molecule has 0 bridgehead atoms. The lowest BCUT2D eigenvalue weighted by Crippen LogP contribution is -2.58. The minimum absolute atomic E-state index is 0.531. The quantitative estimate of drug-likeness (QED) is 0.731. The maximum Gasteiger partial charge on any atom is 0.0472 e. The third kappa shape index (κ3) is 1.65. The molecule has 0 saturated carbocycles. The second-order valence-corrected chi connectivity index (χ2v) is 5.06. The molecule has 0 unspecified atom stereocenters. The van der Waals surface area contributed by atoms with E-state index in [1.165, 1.54) is 31.6 Å². The minimum Gasteiger partial charge on any atom is -0.399 e. The summed E-state index contributed by atoms with van der Waals surface area (Å²) in [5.74, 6) is 0. The molecule has 2 aliphatic heterocycles. The van der Waals surface area contributed by atoms with E-state index < -0.39 is 0 Å². The Hall–Kier alpha value is -1.22. The van der Waals surface area contributed by atoms with E-state index in [0.717, 1.165) is 18.9 Å². The van der Waals surface area contributed by atoms with Gasteiger partial charge in [-0.2, -0.15) is 0 Å². The number of anilines is 2. The van der Waals surface area contributed by atoms with Crippen LogP contribution in [0.2, 0.25) is 0 Å². The van der Waals surface area contributed by atoms with Crippen molar-refractivity contribution in [3.63, 3.8) is 0 Å². The summed E-state index contributed by atoms with van der Waals surface area (Å²) < 4.78 is 5.42. The van der Waals surface area contributed by atoms with Gasteiger partial charge in [0, 0.05) is 43.1 Å². The van der Waals surface area contributed by atoms with E-state index in [4.69, 9.17) is 10.5 Å². The fourth-order valence-corrected chi connectivity index (χ4v) is 2.79. The molecular formula is C13H18N2O. The molecule has 0 atom stereocenters. The molecule has 2 fully saturated rings. The van der Waals surface area contributed by atoms with Crippen LogP contribution in [-0.2, 0) is 4.74 Å². The van der Waals surface area contributed by atoms with E-state index in [0.29, 0.717) is 5.41 Å². The third-order valence-electron chi connectivity index (χ3n) is 3.84. The molecule has 3 rings (SSSR count). The fraction of sp³-hybridized carbons (Fsp3) is 0.538. The van der Waals surface area contributed by atoms with Gasteiger partial charge in [0.1, 0.15) is 0 Å². The Bertz CT molecular complexity index is 377. The van der Waals surface area contributed by atoms with Crippen molar-refractivity contribution in [2.75, 3.05) is 36.9 Å². The number of hydrogen-bond acceptors (Lipinski definition) is 3. The zero-order chi connectivity index (χ0) is 11.0. The number of hydrogen-bond donors (Lipinski definition) is 1. The van der Waals surface area contributed by atoms with Crippen LogP contribution in [0.3, 0.4) is 0 Å².